The molecule has 0 atom stereocenters. The summed E-state index contributed by atoms with van der Waals surface area (Å²) in [6.07, 6.45) is 22.0. The Labute approximate surface area is 131 Å². The highest BCUT2D eigenvalue weighted by atomic mass is 14.1. The second-order valence-electron chi connectivity index (χ2n) is 4.28. The lowest BCUT2D eigenvalue weighted by atomic mass is 9.99. The van der Waals surface area contributed by atoms with E-state index in [4.69, 9.17) is 25.7 Å². The third-order valence-electron chi connectivity index (χ3n) is 3.06. The fourth-order valence-electron chi connectivity index (χ4n) is 1.98. The summed E-state index contributed by atoms with van der Waals surface area (Å²) < 4.78 is 0. The van der Waals surface area contributed by atoms with Gasteiger partial charge in [0.1, 0.15) is 0 Å². The Morgan fingerprint density at radius 1 is 0.500 bits per heavy atom. The summed E-state index contributed by atoms with van der Waals surface area (Å²) in [4.78, 5) is 0. The maximum Gasteiger partial charge on any atom is 0.0561 e. The number of rotatable bonds is 0. The van der Waals surface area contributed by atoms with Gasteiger partial charge in [0.25, 0.3) is 0 Å². The van der Waals surface area contributed by atoms with E-state index in [1.165, 1.54) is 0 Å². The molecule has 0 nitrogen and oxygen atoms in total. The molecule has 0 heterocycles. The Bertz CT molecular complexity index is 818. The molecule has 0 heteroatoms. The van der Waals surface area contributed by atoms with Gasteiger partial charge in [-0.15, -0.1) is 25.7 Å². The molecule has 0 amide bonds. The molecular formula is C22H10. The summed E-state index contributed by atoms with van der Waals surface area (Å²) in [6.45, 7) is 0. The van der Waals surface area contributed by atoms with Crippen LogP contribution in [-0.4, -0.2) is 0 Å². The molecule has 22 heavy (non-hydrogen) atoms. The van der Waals surface area contributed by atoms with Gasteiger partial charge in [0.05, 0.1) is 11.1 Å². The maximum absolute atomic E-state index is 5.50. The van der Waals surface area contributed by atoms with E-state index in [9.17, 15) is 0 Å². The van der Waals surface area contributed by atoms with Crippen molar-refractivity contribution in [3.63, 3.8) is 0 Å². The van der Waals surface area contributed by atoms with Gasteiger partial charge in [0.2, 0.25) is 0 Å². The van der Waals surface area contributed by atoms with Crippen LogP contribution in [0.4, 0.5) is 0 Å². The van der Waals surface area contributed by atoms with E-state index in [2.05, 4.69) is 35.5 Å². The predicted octanol–water partition coefficient (Wildman–Crippen LogP) is 3.01. The monoisotopic (exact) mass is 274 g/mol. The van der Waals surface area contributed by atoms with Crippen LogP contribution < -0.4 is 0 Å². The van der Waals surface area contributed by atoms with Crippen molar-refractivity contribution < 1.29 is 0 Å². The van der Waals surface area contributed by atoms with Gasteiger partial charge in [0, 0.05) is 22.3 Å². The largest absolute Gasteiger partial charge is 0.115 e. The molecule has 0 spiro atoms. The van der Waals surface area contributed by atoms with Crippen molar-refractivity contribution in [2.45, 2.75) is 0 Å². The molecule has 98 valence electrons. The van der Waals surface area contributed by atoms with E-state index < -0.39 is 0 Å². The van der Waals surface area contributed by atoms with Crippen LogP contribution >= 0.6 is 0 Å². The van der Waals surface area contributed by atoms with Crippen molar-refractivity contribution in [3.8, 4) is 61.2 Å². The highest BCUT2D eigenvalue weighted by Crippen LogP contribution is 2.15. The molecule has 0 bridgehead atoms. The molecule has 0 aromatic heterocycles. The molecular weight excluding hydrogens is 264 g/mol. The Morgan fingerprint density at radius 3 is 1.00 bits per heavy atom. The van der Waals surface area contributed by atoms with Gasteiger partial charge < -0.3 is 0 Å². The van der Waals surface area contributed by atoms with Crippen LogP contribution in [0.3, 0.4) is 0 Å². The second-order valence-corrected chi connectivity index (χ2v) is 4.28. The minimum absolute atomic E-state index is 0.627. The predicted molar refractivity (Wildman–Crippen MR) is 90.6 cm³/mol. The molecule has 0 fully saturated rings. The normalized spacial score (nSPS) is 8.36. The molecule has 2 aromatic rings. The van der Waals surface area contributed by atoms with Crippen LogP contribution in [-0.2, 0) is 0 Å². The third kappa shape index (κ3) is 2.72. The van der Waals surface area contributed by atoms with Crippen molar-refractivity contribution in [3.05, 3.63) is 69.8 Å². The van der Waals surface area contributed by atoms with Gasteiger partial charge in [-0.05, 0) is 24.3 Å². The summed E-state index contributed by atoms with van der Waals surface area (Å²) in [6, 6.07) is 10.8. The van der Waals surface area contributed by atoms with Crippen LogP contribution in [0.1, 0.15) is 33.4 Å². The van der Waals surface area contributed by atoms with E-state index in [-0.39, 0.29) is 0 Å². The highest BCUT2D eigenvalue weighted by molar-refractivity contribution is 5.64. The molecule has 0 radical (unpaired) electrons. The van der Waals surface area contributed by atoms with E-state index >= 15 is 0 Å². The zero-order chi connectivity index (χ0) is 15.9. The first kappa shape index (κ1) is 14.6. The van der Waals surface area contributed by atoms with Crippen LogP contribution in [0, 0.1) is 61.2 Å². The lowest BCUT2D eigenvalue weighted by molar-refractivity contribution is 1.52. The lowest BCUT2D eigenvalue weighted by Gasteiger charge is -2.02. The molecule has 0 saturated heterocycles. The fraction of sp³-hybridized carbons (Fsp3) is 0. The molecule has 0 aliphatic heterocycles. The number of terminal acetylenes is 4. The second kappa shape index (κ2) is 6.60. The van der Waals surface area contributed by atoms with Crippen molar-refractivity contribution >= 4 is 0 Å². The zero-order valence-corrected chi connectivity index (χ0v) is 11.8. The van der Waals surface area contributed by atoms with Gasteiger partial charge in [-0.25, -0.2) is 0 Å². The van der Waals surface area contributed by atoms with Crippen LogP contribution in [0.5, 0.6) is 0 Å². The SMILES string of the molecule is C#Cc1cccc(C#C)c1C#Cc1c(C#C)cccc1C#C. The summed E-state index contributed by atoms with van der Waals surface area (Å²) in [5.74, 6) is 16.4. The summed E-state index contributed by atoms with van der Waals surface area (Å²) in [7, 11) is 0. The quantitative estimate of drug-likeness (QED) is 0.648. The van der Waals surface area contributed by atoms with Crippen molar-refractivity contribution in [1.82, 2.24) is 0 Å². The van der Waals surface area contributed by atoms with Crippen LogP contribution in [0.15, 0.2) is 36.4 Å². The molecule has 0 saturated carbocycles. The van der Waals surface area contributed by atoms with Gasteiger partial charge >= 0.3 is 0 Å². The van der Waals surface area contributed by atoms with E-state index in [0.29, 0.717) is 33.4 Å². The molecule has 0 N–H and O–H groups in total. The third-order valence-corrected chi connectivity index (χ3v) is 3.06. The first-order chi connectivity index (χ1) is 10.7. The minimum Gasteiger partial charge on any atom is -0.115 e. The summed E-state index contributed by atoms with van der Waals surface area (Å²) in [5, 5.41) is 0. The average molecular weight is 274 g/mol. The average Bonchev–Trinajstić information content (AvgIpc) is 2.58. The topological polar surface area (TPSA) is 0 Å². The summed E-state index contributed by atoms with van der Waals surface area (Å²) in [5.41, 5.74) is 3.82. The van der Waals surface area contributed by atoms with E-state index in [1.807, 2.05) is 0 Å². The number of benzene rings is 2. The Morgan fingerprint density at radius 2 is 0.773 bits per heavy atom. The van der Waals surface area contributed by atoms with Crippen molar-refractivity contribution in [2.75, 3.05) is 0 Å². The van der Waals surface area contributed by atoms with E-state index in [1.54, 1.807) is 36.4 Å². The van der Waals surface area contributed by atoms with Crippen molar-refractivity contribution in [2.24, 2.45) is 0 Å². The number of hydrogen-bond acceptors (Lipinski definition) is 0. The molecule has 2 rings (SSSR count). The number of hydrogen-bond donors (Lipinski definition) is 0. The smallest absolute Gasteiger partial charge is 0.0561 e. The standard InChI is InChI=1S/C22H10/c1-5-17-11-9-12-18(6-2)21(17)15-16-22-19(7-3)13-10-14-20(22)8-4/h1-4,9-14H. The zero-order valence-electron chi connectivity index (χ0n) is 11.8. The minimum atomic E-state index is 0.627. The maximum atomic E-state index is 5.50. The highest BCUT2D eigenvalue weighted by Gasteiger charge is 2.05. The van der Waals surface area contributed by atoms with Crippen molar-refractivity contribution in [1.29, 1.82) is 0 Å². The molecule has 0 aliphatic rings. The Hall–Kier alpha value is -3.76. The Kier molecular flexibility index (Phi) is 4.40. The summed E-state index contributed by atoms with van der Waals surface area (Å²) >= 11 is 0. The first-order valence-electron chi connectivity index (χ1n) is 6.39. The van der Waals surface area contributed by atoms with Gasteiger partial charge in [-0.1, -0.05) is 47.7 Å². The fourth-order valence-corrected chi connectivity index (χ4v) is 1.98. The lowest BCUT2D eigenvalue weighted by Crippen LogP contribution is -1.92. The van der Waals surface area contributed by atoms with Crippen LogP contribution in [0.25, 0.3) is 0 Å². The van der Waals surface area contributed by atoms with Crippen LogP contribution in [0.2, 0.25) is 0 Å². The molecule has 0 unspecified atom stereocenters. The first-order valence-corrected chi connectivity index (χ1v) is 6.39. The Balaban J connectivity index is 2.70. The molecule has 2 aromatic carbocycles. The van der Waals surface area contributed by atoms with Gasteiger partial charge in [-0.2, -0.15) is 0 Å². The van der Waals surface area contributed by atoms with E-state index in [0.717, 1.165) is 0 Å². The van der Waals surface area contributed by atoms with Gasteiger partial charge in [-0.3, -0.25) is 0 Å². The molecule has 0 aliphatic carbocycles. The van der Waals surface area contributed by atoms with Gasteiger partial charge in [0.15, 0.2) is 0 Å².